The molecule has 10 aromatic rings. The number of para-hydroxylation sites is 2. The standard InChI is InChI=1S/C50H33ClN2/c51-38-29-37(31-41(32-38)52(39-20-5-2-6-21-39)47-28-14-18-35-17-7-8-23-42(35)47)46-33-49-50(44-25-10-9-24-43(44)46)45-26-11-12-27-48(45)53(49)40-22-13-19-36(30-40)34-15-3-1-4-16-34/h1-33H. The normalized spacial score (nSPS) is 11.5. The Morgan fingerprint density at radius 3 is 1.87 bits per heavy atom. The molecule has 0 fully saturated rings. The number of halogens is 1. The molecular formula is C50H33ClN2. The molecule has 2 nitrogen and oxygen atoms in total. The largest absolute Gasteiger partial charge is 0.310 e. The molecule has 0 amide bonds. The lowest BCUT2D eigenvalue weighted by atomic mass is 9.94. The van der Waals surface area contributed by atoms with Crippen molar-refractivity contribution in [3.05, 3.63) is 205 Å². The van der Waals surface area contributed by atoms with Gasteiger partial charge in [0.1, 0.15) is 0 Å². The molecule has 0 aliphatic heterocycles. The maximum absolute atomic E-state index is 7.14. The number of hydrogen-bond acceptors (Lipinski definition) is 1. The van der Waals surface area contributed by atoms with E-state index in [9.17, 15) is 0 Å². The van der Waals surface area contributed by atoms with E-state index in [1.54, 1.807) is 0 Å². The van der Waals surface area contributed by atoms with E-state index in [1.807, 2.05) is 0 Å². The van der Waals surface area contributed by atoms with Crippen LogP contribution in [-0.2, 0) is 0 Å². The molecule has 0 radical (unpaired) electrons. The van der Waals surface area contributed by atoms with Gasteiger partial charge < -0.3 is 9.47 Å². The second-order valence-electron chi connectivity index (χ2n) is 13.5. The second-order valence-corrected chi connectivity index (χ2v) is 13.9. The number of fused-ring (bicyclic) bond motifs is 6. The van der Waals surface area contributed by atoms with E-state index in [0.717, 1.165) is 39.4 Å². The highest BCUT2D eigenvalue weighted by molar-refractivity contribution is 6.31. The fourth-order valence-electron chi connectivity index (χ4n) is 8.07. The van der Waals surface area contributed by atoms with Crippen LogP contribution in [0.3, 0.4) is 0 Å². The quantitative estimate of drug-likeness (QED) is 0.168. The molecule has 0 unspecified atom stereocenters. The van der Waals surface area contributed by atoms with E-state index in [2.05, 4.69) is 210 Å². The van der Waals surface area contributed by atoms with Crippen LogP contribution in [0.15, 0.2) is 200 Å². The summed E-state index contributed by atoms with van der Waals surface area (Å²) in [6.45, 7) is 0. The van der Waals surface area contributed by atoms with E-state index in [4.69, 9.17) is 11.6 Å². The molecule has 0 saturated heterocycles. The first kappa shape index (κ1) is 31.2. The van der Waals surface area contributed by atoms with Crippen LogP contribution in [-0.4, -0.2) is 4.57 Å². The van der Waals surface area contributed by atoms with Crippen LogP contribution in [0.5, 0.6) is 0 Å². The topological polar surface area (TPSA) is 8.17 Å². The van der Waals surface area contributed by atoms with E-state index in [-0.39, 0.29) is 0 Å². The Morgan fingerprint density at radius 1 is 0.396 bits per heavy atom. The second kappa shape index (κ2) is 12.9. The van der Waals surface area contributed by atoms with Crippen molar-refractivity contribution in [2.45, 2.75) is 0 Å². The third-order valence-electron chi connectivity index (χ3n) is 10.4. The average molecular weight is 697 g/mol. The first-order chi connectivity index (χ1) is 26.2. The Bertz CT molecular complexity index is 2960. The van der Waals surface area contributed by atoms with Crippen molar-refractivity contribution in [3.63, 3.8) is 0 Å². The molecule has 0 atom stereocenters. The van der Waals surface area contributed by atoms with Crippen LogP contribution in [0.4, 0.5) is 17.1 Å². The summed E-state index contributed by atoms with van der Waals surface area (Å²) in [7, 11) is 0. The average Bonchev–Trinajstić information content (AvgIpc) is 3.56. The summed E-state index contributed by atoms with van der Waals surface area (Å²) >= 11 is 7.14. The van der Waals surface area contributed by atoms with Gasteiger partial charge in [-0.05, 0) is 99.1 Å². The summed E-state index contributed by atoms with van der Waals surface area (Å²) in [5, 5.41) is 7.92. The Labute approximate surface area is 313 Å². The van der Waals surface area contributed by atoms with E-state index in [0.29, 0.717) is 5.02 Å². The number of rotatable bonds is 6. The minimum absolute atomic E-state index is 0.680. The highest BCUT2D eigenvalue weighted by Crippen LogP contribution is 2.45. The molecule has 1 heterocycles. The number of aromatic nitrogens is 1. The van der Waals surface area contributed by atoms with Crippen molar-refractivity contribution < 1.29 is 0 Å². The molecule has 0 saturated carbocycles. The maximum Gasteiger partial charge on any atom is 0.0553 e. The van der Waals surface area contributed by atoms with Gasteiger partial charge in [-0.2, -0.15) is 0 Å². The summed E-state index contributed by atoms with van der Waals surface area (Å²) < 4.78 is 2.42. The molecule has 1 aromatic heterocycles. The molecule has 0 spiro atoms. The minimum Gasteiger partial charge on any atom is -0.310 e. The zero-order chi connectivity index (χ0) is 35.3. The van der Waals surface area contributed by atoms with Crippen molar-refractivity contribution in [1.29, 1.82) is 0 Å². The zero-order valence-electron chi connectivity index (χ0n) is 28.8. The molecule has 3 heteroatoms. The molecule has 0 N–H and O–H groups in total. The van der Waals surface area contributed by atoms with Crippen LogP contribution >= 0.6 is 11.6 Å². The van der Waals surface area contributed by atoms with E-state index in [1.165, 1.54) is 49.0 Å². The molecule has 250 valence electrons. The molecule has 0 bridgehead atoms. The third-order valence-corrected chi connectivity index (χ3v) is 10.6. The zero-order valence-corrected chi connectivity index (χ0v) is 29.6. The summed E-state index contributed by atoms with van der Waals surface area (Å²) in [6.07, 6.45) is 0. The first-order valence-electron chi connectivity index (χ1n) is 18.0. The van der Waals surface area contributed by atoms with Crippen molar-refractivity contribution in [2.24, 2.45) is 0 Å². The van der Waals surface area contributed by atoms with Crippen molar-refractivity contribution >= 4 is 72.0 Å². The van der Waals surface area contributed by atoms with E-state index >= 15 is 0 Å². The summed E-state index contributed by atoms with van der Waals surface area (Å²) in [4.78, 5) is 2.32. The van der Waals surface area contributed by atoms with Gasteiger partial charge in [0.15, 0.2) is 0 Å². The van der Waals surface area contributed by atoms with Gasteiger partial charge in [-0.1, -0.05) is 151 Å². The molecule has 0 aliphatic carbocycles. The van der Waals surface area contributed by atoms with Crippen molar-refractivity contribution in [3.8, 4) is 27.9 Å². The van der Waals surface area contributed by atoms with Gasteiger partial charge in [0.2, 0.25) is 0 Å². The predicted molar refractivity (Wildman–Crippen MR) is 226 cm³/mol. The predicted octanol–water partition coefficient (Wildman–Crippen LogP) is 14.5. The van der Waals surface area contributed by atoms with Gasteiger partial charge in [-0.25, -0.2) is 0 Å². The minimum atomic E-state index is 0.680. The fraction of sp³-hybridized carbons (Fsp3) is 0. The van der Waals surface area contributed by atoms with Gasteiger partial charge in [0, 0.05) is 38.2 Å². The van der Waals surface area contributed by atoms with Crippen LogP contribution in [0.25, 0.3) is 71.3 Å². The molecule has 9 aromatic carbocycles. The number of anilines is 3. The van der Waals surface area contributed by atoms with Gasteiger partial charge in [-0.15, -0.1) is 0 Å². The highest BCUT2D eigenvalue weighted by Gasteiger charge is 2.21. The molecule has 10 rings (SSSR count). The molecule has 53 heavy (non-hydrogen) atoms. The maximum atomic E-state index is 7.14. The van der Waals surface area contributed by atoms with Crippen molar-refractivity contribution in [2.75, 3.05) is 4.90 Å². The van der Waals surface area contributed by atoms with Crippen LogP contribution in [0.2, 0.25) is 5.02 Å². The lowest BCUT2D eigenvalue weighted by Gasteiger charge is -2.27. The van der Waals surface area contributed by atoms with Crippen LogP contribution in [0.1, 0.15) is 0 Å². The van der Waals surface area contributed by atoms with Gasteiger partial charge in [-0.3, -0.25) is 0 Å². The first-order valence-corrected chi connectivity index (χ1v) is 18.3. The molecular weight excluding hydrogens is 664 g/mol. The Kier molecular flexibility index (Phi) is 7.56. The summed E-state index contributed by atoms with van der Waals surface area (Å²) in [5.74, 6) is 0. The number of hydrogen-bond donors (Lipinski definition) is 0. The van der Waals surface area contributed by atoms with E-state index < -0.39 is 0 Å². The number of nitrogens with zero attached hydrogens (tertiary/aromatic N) is 2. The number of benzene rings is 9. The summed E-state index contributed by atoms with van der Waals surface area (Å²) in [6, 6.07) is 71.5. The van der Waals surface area contributed by atoms with Crippen LogP contribution in [0, 0.1) is 0 Å². The summed E-state index contributed by atoms with van der Waals surface area (Å²) in [5.41, 5.74) is 11.2. The SMILES string of the molecule is Clc1cc(-c2cc3c(c4ccccc24)c2ccccc2n3-c2cccc(-c3ccccc3)c2)cc(N(c2ccccc2)c2cccc3ccccc23)c1. The highest BCUT2D eigenvalue weighted by atomic mass is 35.5. The Morgan fingerprint density at radius 2 is 1.04 bits per heavy atom. The van der Waals surface area contributed by atoms with Crippen LogP contribution < -0.4 is 4.90 Å². The fourth-order valence-corrected chi connectivity index (χ4v) is 8.30. The Balaban J connectivity index is 1.24. The third kappa shape index (κ3) is 5.35. The lowest BCUT2D eigenvalue weighted by Crippen LogP contribution is -2.10. The lowest BCUT2D eigenvalue weighted by molar-refractivity contribution is 1.18. The van der Waals surface area contributed by atoms with Gasteiger partial charge in [0.25, 0.3) is 0 Å². The Hall–Kier alpha value is -6.61. The molecule has 0 aliphatic rings. The monoisotopic (exact) mass is 696 g/mol. The van der Waals surface area contributed by atoms with Crippen molar-refractivity contribution in [1.82, 2.24) is 4.57 Å². The smallest absolute Gasteiger partial charge is 0.0553 e. The van der Waals surface area contributed by atoms with Gasteiger partial charge >= 0.3 is 0 Å². The van der Waals surface area contributed by atoms with Gasteiger partial charge in [0.05, 0.1) is 16.7 Å².